The molecule has 0 unspecified atom stereocenters. The summed E-state index contributed by atoms with van der Waals surface area (Å²) < 4.78 is 5.54. The second kappa shape index (κ2) is 6.10. The van der Waals surface area contributed by atoms with Crippen LogP contribution >= 0.6 is 0 Å². The largest absolute Gasteiger partial charge is 0.419 e. The quantitative estimate of drug-likeness (QED) is 0.767. The summed E-state index contributed by atoms with van der Waals surface area (Å²) in [6.07, 6.45) is 3.51. The van der Waals surface area contributed by atoms with Gasteiger partial charge in [0.05, 0.1) is 0 Å². The van der Waals surface area contributed by atoms with E-state index >= 15 is 0 Å². The van der Waals surface area contributed by atoms with Gasteiger partial charge in [-0.05, 0) is 31.6 Å². The molecule has 5 heteroatoms. The average Bonchev–Trinajstić information content (AvgIpc) is 2.85. The number of nitrogens with zero attached hydrogens (tertiary/aromatic N) is 3. The van der Waals surface area contributed by atoms with Crippen LogP contribution in [0, 0.1) is 0 Å². The van der Waals surface area contributed by atoms with Gasteiger partial charge in [-0.3, -0.25) is 4.98 Å². The summed E-state index contributed by atoms with van der Waals surface area (Å²) in [5.74, 6) is 1.16. The van der Waals surface area contributed by atoms with E-state index < -0.39 is 0 Å². The average molecular weight is 232 g/mol. The lowest BCUT2D eigenvalue weighted by Gasteiger charge is -1.97. The smallest absolute Gasteiger partial charge is 0.266 e. The van der Waals surface area contributed by atoms with Crippen LogP contribution in [-0.4, -0.2) is 28.3 Å². The molecule has 0 aromatic carbocycles. The van der Waals surface area contributed by atoms with Crippen molar-refractivity contribution >= 4 is 0 Å². The molecule has 2 heterocycles. The summed E-state index contributed by atoms with van der Waals surface area (Å²) in [5, 5.41) is 11.2. The molecule has 5 nitrogen and oxygen atoms in total. The summed E-state index contributed by atoms with van der Waals surface area (Å²) in [4.78, 5) is 4.16. The van der Waals surface area contributed by atoms with E-state index in [1.54, 1.807) is 6.20 Å². The zero-order valence-corrected chi connectivity index (χ0v) is 9.89. The maximum Gasteiger partial charge on any atom is 0.266 e. The van der Waals surface area contributed by atoms with Gasteiger partial charge in [0.1, 0.15) is 5.69 Å². The van der Waals surface area contributed by atoms with Crippen LogP contribution in [-0.2, 0) is 6.42 Å². The number of hydrogen-bond acceptors (Lipinski definition) is 5. The fourth-order valence-corrected chi connectivity index (χ4v) is 1.49. The summed E-state index contributed by atoms with van der Waals surface area (Å²) >= 11 is 0. The number of aromatic nitrogens is 3. The van der Waals surface area contributed by atoms with E-state index in [4.69, 9.17) is 4.42 Å². The normalized spacial score (nSPS) is 10.6. The summed E-state index contributed by atoms with van der Waals surface area (Å²) in [6.45, 7) is 4.05. The van der Waals surface area contributed by atoms with Crippen LogP contribution in [0.3, 0.4) is 0 Å². The Morgan fingerprint density at radius 3 is 3.00 bits per heavy atom. The first-order valence-electron chi connectivity index (χ1n) is 5.84. The lowest BCUT2D eigenvalue weighted by atomic mass is 10.3. The summed E-state index contributed by atoms with van der Waals surface area (Å²) in [6, 6.07) is 5.62. The maximum atomic E-state index is 5.54. The Balaban J connectivity index is 1.92. The molecule has 2 rings (SSSR count). The second-order valence-corrected chi connectivity index (χ2v) is 3.67. The van der Waals surface area contributed by atoms with E-state index in [0.717, 1.165) is 31.6 Å². The monoisotopic (exact) mass is 232 g/mol. The van der Waals surface area contributed by atoms with Crippen LogP contribution in [0.25, 0.3) is 11.6 Å². The number of nitrogens with one attached hydrogen (secondary N) is 1. The van der Waals surface area contributed by atoms with Gasteiger partial charge in [0, 0.05) is 12.6 Å². The van der Waals surface area contributed by atoms with Gasteiger partial charge < -0.3 is 9.73 Å². The van der Waals surface area contributed by atoms with Gasteiger partial charge in [-0.1, -0.05) is 13.0 Å². The van der Waals surface area contributed by atoms with E-state index in [2.05, 4.69) is 27.4 Å². The molecule has 0 atom stereocenters. The second-order valence-electron chi connectivity index (χ2n) is 3.67. The number of hydrogen-bond donors (Lipinski definition) is 1. The van der Waals surface area contributed by atoms with E-state index in [1.807, 2.05) is 18.2 Å². The van der Waals surface area contributed by atoms with Gasteiger partial charge in [-0.25, -0.2) is 0 Å². The summed E-state index contributed by atoms with van der Waals surface area (Å²) in [7, 11) is 0. The zero-order chi connectivity index (χ0) is 11.9. The molecule has 90 valence electrons. The molecule has 0 spiro atoms. The minimum Gasteiger partial charge on any atom is -0.419 e. The Morgan fingerprint density at radius 1 is 1.29 bits per heavy atom. The van der Waals surface area contributed by atoms with Crippen LogP contribution < -0.4 is 5.32 Å². The van der Waals surface area contributed by atoms with Gasteiger partial charge in [0.15, 0.2) is 0 Å². The first-order chi connectivity index (χ1) is 8.40. The molecule has 0 aliphatic rings. The fourth-order valence-electron chi connectivity index (χ4n) is 1.49. The minimum atomic E-state index is 0.490. The van der Waals surface area contributed by atoms with Crippen molar-refractivity contribution in [1.29, 1.82) is 0 Å². The fraction of sp³-hybridized carbons (Fsp3) is 0.417. The molecule has 0 aliphatic heterocycles. The van der Waals surface area contributed by atoms with Gasteiger partial charge in [0.25, 0.3) is 5.89 Å². The molecular weight excluding hydrogens is 216 g/mol. The van der Waals surface area contributed by atoms with Crippen LogP contribution in [0.2, 0.25) is 0 Å². The Bertz CT molecular complexity index is 441. The highest BCUT2D eigenvalue weighted by atomic mass is 16.4. The molecule has 0 radical (unpaired) electrons. The molecule has 0 aliphatic carbocycles. The molecule has 0 amide bonds. The van der Waals surface area contributed by atoms with Gasteiger partial charge in [-0.15, -0.1) is 10.2 Å². The number of rotatable bonds is 6. The van der Waals surface area contributed by atoms with Crippen molar-refractivity contribution in [3.63, 3.8) is 0 Å². The highest BCUT2D eigenvalue weighted by Crippen LogP contribution is 2.14. The molecule has 17 heavy (non-hydrogen) atoms. The molecule has 0 fully saturated rings. The van der Waals surface area contributed by atoms with Crippen molar-refractivity contribution in [2.45, 2.75) is 19.8 Å². The van der Waals surface area contributed by atoms with Crippen LogP contribution in [0.15, 0.2) is 28.8 Å². The number of aryl methyl sites for hydroxylation is 1. The molecule has 0 saturated heterocycles. The topological polar surface area (TPSA) is 63.8 Å². The Labute approximate surface area is 100 Å². The standard InChI is InChI=1S/C12H16N4O/c1-2-13-8-5-7-11-15-16-12(17-11)10-6-3-4-9-14-10/h3-4,6,9,13H,2,5,7-8H2,1H3. The summed E-state index contributed by atoms with van der Waals surface area (Å²) in [5.41, 5.74) is 0.720. The van der Waals surface area contributed by atoms with E-state index in [0.29, 0.717) is 11.8 Å². The lowest BCUT2D eigenvalue weighted by molar-refractivity contribution is 0.491. The zero-order valence-electron chi connectivity index (χ0n) is 9.89. The van der Waals surface area contributed by atoms with Crippen molar-refractivity contribution in [2.24, 2.45) is 0 Å². The van der Waals surface area contributed by atoms with Gasteiger partial charge in [0.2, 0.25) is 5.89 Å². The third-order valence-electron chi connectivity index (χ3n) is 2.35. The van der Waals surface area contributed by atoms with Crippen molar-refractivity contribution in [3.05, 3.63) is 30.3 Å². The minimum absolute atomic E-state index is 0.490. The first-order valence-corrected chi connectivity index (χ1v) is 5.84. The lowest BCUT2D eigenvalue weighted by Crippen LogP contribution is -2.14. The molecule has 1 N–H and O–H groups in total. The van der Waals surface area contributed by atoms with Crippen molar-refractivity contribution < 1.29 is 4.42 Å². The highest BCUT2D eigenvalue weighted by Gasteiger charge is 2.08. The van der Waals surface area contributed by atoms with Gasteiger partial charge in [-0.2, -0.15) is 0 Å². The number of pyridine rings is 1. The van der Waals surface area contributed by atoms with E-state index in [1.165, 1.54) is 0 Å². The van der Waals surface area contributed by atoms with Gasteiger partial charge >= 0.3 is 0 Å². The Kier molecular flexibility index (Phi) is 4.21. The predicted octanol–water partition coefficient (Wildman–Crippen LogP) is 1.67. The third-order valence-corrected chi connectivity index (χ3v) is 2.35. The molecule has 0 bridgehead atoms. The maximum absolute atomic E-state index is 5.54. The Morgan fingerprint density at radius 2 is 2.24 bits per heavy atom. The van der Waals surface area contributed by atoms with E-state index in [-0.39, 0.29) is 0 Å². The van der Waals surface area contributed by atoms with Crippen LogP contribution in [0.4, 0.5) is 0 Å². The van der Waals surface area contributed by atoms with E-state index in [9.17, 15) is 0 Å². The molecule has 2 aromatic heterocycles. The van der Waals surface area contributed by atoms with Crippen LogP contribution in [0.1, 0.15) is 19.2 Å². The highest BCUT2D eigenvalue weighted by molar-refractivity contribution is 5.44. The third kappa shape index (κ3) is 3.35. The molecule has 0 saturated carbocycles. The molecule has 2 aromatic rings. The SMILES string of the molecule is CCNCCCc1nnc(-c2ccccn2)o1. The predicted molar refractivity (Wildman–Crippen MR) is 64.4 cm³/mol. The van der Waals surface area contributed by atoms with Crippen molar-refractivity contribution in [3.8, 4) is 11.6 Å². The Hall–Kier alpha value is -1.75. The first kappa shape index (κ1) is 11.7. The molecular formula is C12H16N4O. The van der Waals surface area contributed by atoms with Crippen molar-refractivity contribution in [2.75, 3.05) is 13.1 Å². The van der Waals surface area contributed by atoms with Crippen molar-refractivity contribution in [1.82, 2.24) is 20.5 Å². The van der Waals surface area contributed by atoms with Crippen LogP contribution in [0.5, 0.6) is 0 Å².